The number of morpholine rings is 1. The van der Waals surface area contributed by atoms with Crippen LogP contribution in [0.2, 0.25) is 0 Å². The monoisotopic (exact) mass is 386 g/mol. The van der Waals surface area contributed by atoms with Crippen molar-refractivity contribution >= 4 is 11.9 Å². The Kier molecular flexibility index (Phi) is 4.72. The van der Waals surface area contributed by atoms with Gasteiger partial charge >= 0.3 is 5.97 Å². The first kappa shape index (κ1) is 18.4. The molecule has 1 fully saturated rings. The van der Waals surface area contributed by atoms with Gasteiger partial charge in [-0.15, -0.1) is 0 Å². The summed E-state index contributed by atoms with van der Waals surface area (Å²) >= 11 is 0. The Hall–Kier alpha value is -3.00. The number of ether oxygens (including phenoxy) is 3. The minimum atomic E-state index is -1.06. The first-order chi connectivity index (χ1) is 13.5. The summed E-state index contributed by atoms with van der Waals surface area (Å²) in [5.74, 6) is 0.0101. The lowest BCUT2D eigenvalue weighted by molar-refractivity contribution is -0.147. The van der Waals surface area contributed by atoms with E-state index < -0.39 is 12.0 Å². The molecule has 3 heterocycles. The molecule has 2 aliphatic rings. The van der Waals surface area contributed by atoms with Gasteiger partial charge in [-0.3, -0.25) is 4.79 Å². The third kappa shape index (κ3) is 3.09. The van der Waals surface area contributed by atoms with Gasteiger partial charge in [-0.2, -0.15) is 0 Å². The fraction of sp³-hybridized carbons (Fsp3) is 0.400. The standard InChI is InChI=1S/C20H22N2O6/c1-12-9-15(19(23)21-5-6-26-11-16(21)20(24)25)13(2)22(12)14-3-4-17-18(10-14)28-8-7-27-17/h3-4,9-10,16H,5-8,11H2,1-2H3,(H,24,25)/t16-/m1/s1. The predicted octanol–water partition coefficient (Wildman–Crippen LogP) is 1.79. The number of aliphatic carboxylic acids is 1. The van der Waals surface area contributed by atoms with Crippen molar-refractivity contribution < 1.29 is 28.9 Å². The van der Waals surface area contributed by atoms with Crippen molar-refractivity contribution in [3.8, 4) is 17.2 Å². The zero-order valence-corrected chi connectivity index (χ0v) is 15.8. The molecule has 1 N–H and O–H groups in total. The fourth-order valence-electron chi connectivity index (χ4n) is 3.75. The highest BCUT2D eigenvalue weighted by Crippen LogP contribution is 2.33. The molecular formula is C20H22N2O6. The van der Waals surface area contributed by atoms with E-state index in [-0.39, 0.29) is 19.1 Å². The molecule has 2 aromatic rings. The number of aryl methyl sites for hydroxylation is 1. The molecule has 1 saturated heterocycles. The Labute approximate surface area is 162 Å². The van der Waals surface area contributed by atoms with Crippen LogP contribution in [-0.2, 0) is 9.53 Å². The molecule has 1 atom stereocenters. The van der Waals surface area contributed by atoms with E-state index in [0.29, 0.717) is 36.9 Å². The van der Waals surface area contributed by atoms with Crippen molar-refractivity contribution in [2.24, 2.45) is 0 Å². The maximum Gasteiger partial charge on any atom is 0.328 e. The zero-order valence-electron chi connectivity index (χ0n) is 15.8. The van der Waals surface area contributed by atoms with E-state index in [1.165, 1.54) is 4.90 Å². The van der Waals surface area contributed by atoms with Gasteiger partial charge in [0.05, 0.1) is 18.8 Å². The number of aromatic nitrogens is 1. The molecule has 1 amide bonds. The molecular weight excluding hydrogens is 364 g/mol. The van der Waals surface area contributed by atoms with Crippen LogP contribution in [0.25, 0.3) is 5.69 Å². The van der Waals surface area contributed by atoms with Gasteiger partial charge < -0.3 is 28.8 Å². The Morgan fingerprint density at radius 2 is 1.82 bits per heavy atom. The Morgan fingerprint density at radius 3 is 2.57 bits per heavy atom. The molecule has 8 nitrogen and oxygen atoms in total. The van der Waals surface area contributed by atoms with Gasteiger partial charge in [0.1, 0.15) is 13.2 Å². The number of carboxylic acid groups (broad SMARTS) is 1. The van der Waals surface area contributed by atoms with Gasteiger partial charge in [0.25, 0.3) is 5.91 Å². The highest BCUT2D eigenvalue weighted by Gasteiger charge is 2.34. The molecule has 0 spiro atoms. The van der Waals surface area contributed by atoms with Crippen molar-refractivity contribution in [3.05, 3.63) is 41.2 Å². The van der Waals surface area contributed by atoms with Gasteiger partial charge in [0.2, 0.25) is 0 Å². The molecule has 0 saturated carbocycles. The molecule has 2 aliphatic heterocycles. The maximum absolute atomic E-state index is 13.1. The van der Waals surface area contributed by atoms with Crippen LogP contribution in [0.3, 0.4) is 0 Å². The van der Waals surface area contributed by atoms with Crippen LogP contribution >= 0.6 is 0 Å². The van der Waals surface area contributed by atoms with Gasteiger partial charge in [-0.1, -0.05) is 0 Å². The molecule has 0 unspecified atom stereocenters. The normalized spacial score (nSPS) is 18.8. The third-order valence-electron chi connectivity index (χ3n) is 5.12. The van der Waals surface area contributed by atoms with Gasteiger partial charge in [0.15, 0.2) is 17.5 Å². The van der Waals surface area contributed by atoms with Crippen molar-refractivity contribution in [2.75, 3.05) is 33.0 Å². The van der Waals surface area contributed by atoms with Crippen LogP contribution in [0.5, 0.6) is 11.5 Å². The number of fused-ring (bicyclic) bond motifs is 1. The number of amides is 1. The van der Waals surface area contributed by atoms with Gasteiger partial charge in [-0.25, -0.2) is 4.79 Å². The summed E-state index contributed by atoms with van der Waals surface area (Å²) in [5.41, 5.74) is 2.96. The summed E-state index contributed by atoms with van der Waals surface area (Å²) in [6.07, 6.45) is 0. The first-order valence-electron chi connectivity index (χ1n) is 9.18. The van der Waals surface area contributed by atoms with Crippen molar-refractivity contribution in [1.29, 1.82) is 0 Å². The maximum atomic E-state index is 13.1. The van der Waals surface area contributed by atoms with E-state index in [2.05, 4.69) is 0 Å². The summed E-state index contributed by atoms with van der Waals surface area (Å²) in [6.45, 7) is 5.37. The Balaban J connectivity index is 1.69. The number of rotatable bonds is 3. The highest BCUT2D eigenvalue weighted by atomic mass is 16.6. The predicted molar refractivity (Wildman–Crippen MR) is 99.5 cm³/mol. The number of carbonyl (C=O) groups excluding carboxylic acids is 1. The van der Waals surface area contributed by atoms with Crippen LogP contribution in [0.4, 0.5) is 0 Å². The van der Waals surface area contributed by atoms with Crippen molar-refractivity contribution in [3.63, 3.8) is 0 Å². The van der Waals surface area contributed by atoms with E-state index in [4.69, 9.17) is 14.2 Å². The summed E-state index contributed by atoms with van der Waals surface area (Å²) in [7, 11) is 0. The van der Waals surface area contributed by atoms with E-state index in [1.807, 2.05) is 36.6 Å². The number of hydrogen-bond donors (Lipinski definition) is 1. The number of hydrogen-bond acceptors (Lipinski definition) is 5. The van der Waals surface area contributed by atoms with Crippen LogP contribution in [0.1, 0.15) is 21.7 Å². The lowest BCUT2D eigenvalue weighted by Crippen LogP contribution is -2.52. The Morgan fingerprint density at radius 1 is 1.07 bits per heavy atom. The zero-order chi connectivity index (χ0) is 19.8. The second-order valence-corrected chi connectivity index (χ2v) is 6.88. The van der Waals surface area contributed by atoms with E-state index in [1.54, 1.807) is 6.07 Å². The molecule has 0 radical (unpaired) electrons. The smallest absolute Gasteiger partial charge is 0.328 e. The van der Waals surface area contributed by atoms with Gasteiger partial charge in [0, 0.05) is 29.7 Å². The van der Waals surface area contributed by atoms with Crippen molar-refractivity contribution in [1.82, 2.24) is 9.47 Å². The number of nitrogens with zero attached hydrogens (tertiary/aromatic N) is 2. The molecule has 28 heavy (non-hydrogen) atoms. The average molecular weight is 386 g/mol. The highest BCUT2D eigenvalue weighted by molar-refractivity contribution is 5.98. The average Bonchev–Trinajstić information content (AvgIpc) is 3.01. The third-order valence-corrected chi connectivity index (χ3v) is 5.12. The minimum absolute atomic E-state index is 0.00196. The molecule has 1 aromatic heterocycles. The second-order valence-electron chi connectivity index (χ2n) is 6.88. The largest absolute Gasteiger partial charge is 0.486 e. The molecule has 4 rings (SSSR count). The molecule has 8 heteroatoms. The summed E-state index contributed by atoms with van der Waals surface area (Å²) in [5, 5.41) is 9.42. The van der Waals surface area contributed by atoms with E-state index >= 15 is 0 Å². The lowest BCUT2D eigenvalue weighted by atomic mass is 10.1. The first-order valence-corrected chi connectivity index (χ1v) is 9.18. The molecule has 0 bridgehead atoms. The van der Waals surface area contributed by atoms with Crippen molar-refractivity contribution in [2.45, 2.75) is 19.9 Å². The topological polar surface area (TPSA) is 90.2 Å². The summed E-state index contributed by atoms with van der Waals surface area (Å²) in [6, 6.07) is 6.47. The summed E-state index contributed by atoms with van der Waals surface area (Å²) in [4.78, 5) is 26.0. The Bertz CT molecular complexity index is 935. The quantitative estimate of drug-likeness (QED) is 0.865. The SMILES string of the molecule is Cc1cc(C(=O)N2CCOC[C@@H]2C(=O)O)c(C)n1-c1ccc2c(c1)OCCO2. The fourth-order valence-corrected chi connectivity index (χ4v) is 3.75. The van der Waals surface area contributed by atoms with Crippen LogP contribution in [0.15, 0.2) is 24.3 Å². The number of benzene rings is 1. The van der Waals surface area contributed by atoms with Crippen LogP contribution in [0, 0.1) is 13.8 Å². The minimum Gasteiger partial charge on any atom is -0.486 e. The van der Waals surface area contributed by atoms with Gasteiger partial charge in [-0.05, 0) is 32.0 Å². The molecule has 1 aromatic carbocycles. The van der Waals surface area contributed by atoms with Crippen LogP contribution in [-0.4, -0.2) is 65.5 Å². The number of carbonyl (C=O) groups is 2. The molecule has 0 aliphatic carbocycles. The molecule has 148 valence electrons. The number of carboxylic acids is 1. The van der Waals surface area contributed by atoms with E-state index in [9.17, 15) is 14.7 Å². The summed E-state index contributed by atoms with van der Waals surface area (Å²) < 4.78 is 18.4. The van der Waals surface area contributed by atoms with E-state index in [0.717, 1.165) is 17.1 Å². The second kappa shape index (κ2) is 7.20. The lowest BCUT2D eigenvalue weighted by Gasteiger charge is -2.32. The van der Waals surface area contributed by atoms with Crippen LogP contribution < -0.4 is 9.47 Å².